The number of nitrogens with zero attached hydrogens (tertiary/aromatic N) is 2. The predicted molar refractivity (Wildman–Crippen MR) is 147 cm³/mol. The second-order valence-corrected chi connectivity index (χ2v) is 10.4. The van der Waals surface area contributed by atoms with Crippen LogP contribution >= 0.6 is 0 Å². The van der Waals surface area contributed by atoms with Crippen LogP contribution in [0.5, 0.6) is 5.75 Å². The summed E-state index contributed by atoms with van der Waals surface area (Å²) in [6.45, 7) is 9.29. The Morgan fingerprint density at radius 1 is 1.00 bits per heavy atom. The molecule has 9 heteroatoms. The van der Waals surface area contributed by atoms with E-state index in [1.54, 1.807) is 25.5 Å². The summed E-state index contributed by atoms with van der Waals surface area (Å²) < 4.78 is 18.0. The first-order valence-corrected chi connectivity index (χ1v) is 12.9. The Balaban J connectivity index is 1.78. The van der Waals surface area contributed by atoms with Gasteiger partial charge in [-0.3, -0.25) is 9.59 Å². The number of carbonyl (C=O) groups is 3. The SMILES string of the molecule is COC(=O)C[C@H](CC(=O)CNC(=O)OC(C)(C)C)c1cccc(-n2nc(C)c(OCc3ccccc3)c2C)c1. The summed E-state index contributed by atoms with van der Waals surface area (Å²) in [7, 11) is 1.31. The van der Waals surface area contributed by atoms with Gasteiger partial charge in [0, 0.05) is 12.3 Å². The van der Waals surface area contributed by atoms with Gasteiger partial charge in [-0.2, -0.15) is 5.10 Å². The van der Waals surface area contributed by atoms with Gasteiger partial charge in [0.15, 0.2) is 11.5 Å². The number of aryl methyl sites for hydroxylation is 1. The van der Waals surface area contributed by atoms with Crippen molar-refractivity contribution >= 4 is 17.8 Å². The molecular formula is C30H37N3O6. The van der Waals surface area contributed by atoms with Gasteiger partial charge in [0.2, 0.25) is 0 Å². The zero-order valence-corrected chi connectivity index (χ0v) is 23.4. The number of ether oxygens (including phenoxy) is 3. The summed E-state index contributed by atoms with van der Waals surface area (Å²) in [5.74, 6) is -0.404. The number of benzene rings is 2. The van der Waals surface area contributed by atoms with Crippen molar-refractivity contribution in [3.63, 3.8) is 0 Å². The molecule has 0 spiro atoms. The number of esters is 1. The summed E-state index contributed by atoms with van der Waals surface area (Å²) in [6, 6.07) is 17.4. The second-order valence-electron chi connectivity index (χ2n) is 10.4. The molecule has 0 unspecified atom stereocenters. The van der Waals surface area contributed by atoms with Crippen LogP contribution in [0.1, 0.15) is 62.0 Å². The first-order chi connectivity index (χ1) is 18.5. The van der Waals surface area contributed by atoms with E-state index in [9.17, 15) is 14.4 Å². The van der Waals surface area contributed by atoms with Crippen molar-refractivity contribution < 1.29 is 28.6 Å². The fraction of sp³-hybridized carbons (Fsp3) is 0.400. The largest absolute Gasteiger partial charge is 0.485 e. The molecule has 208 valence electrons. The van der Waals surface area contributed by atoms with Crippen LogP contribution in [0.2, 0.25) is 0 Å². The monoisotopic (exact) mass is 535 g/mol. The van der Waals surface area contributed by atoms with Crippen LogP contribution in [0.4, 0.5) is 4.79 Å². The minimum atomic E-state index is -0.670. The molecule has 0 aliphatic heterocycles. The van der Waals surface area contributed by atoms with E-state index in [-0.39, 0.29) is 25.2 Å². The molecule has 0 aliphatic rings. The average Bonchev–Trinajstić information content (AvgIpc) is 3.18. The summed E-state index contributed by atoms with van der Waals surface area (Å²) in [5, 5.41) is 7.17. The molecule has 0 bridgehead atoms. The molecule has 0 saturated carbocycles. The second kappa shape index (κ2) is 13.1. The molecular weight excluding hydrogens is 498 g/mol. The first-order valence-electron chi connectivity index (χ1n) is 12.9. The molecule has 2 aromatic carbocycles. The van der Waals surface area contributed by atoms with E-state index in [2.05, 4.69) is 10.4 Å². The van der Waals surface area contributed by atoms with Crippen LogP contribution in [0.25, 0.3) is 5.69 Å². The zero-order valence-electron chi connectivity index (χ0n) is 23.4. The van der Waals surface area contributed by atoms with Crippen molar-refractivity contribution in [1.82, 2.24) is 15.1 Å². The third kappa shape index (κ3) is 8.70. The smallest absolute Gasteiger partial charge is 0.408 e. The lowest BCUT2D eigenvalue weighted by molar-refractivity contribution is -0.141. The summed E-state index contributed by atoms with van der Waals surface area (Å²) in [4.78, 5) is 36.9. The maximum absolute atomic E-state index is 12.8. The number of aromatic nitrogens is 2. The molecule has 9 nitrogen and oxygen atoms in total. The number of rotatable bonds is 11. The molecule has 1 atom stereocenters. The maximum Gasteiger partial charge on any atom is 0.408 e. The summed E-state index contributed by atoms with van der Waals surface area (Å²) >= 11 is 0. The first kappa shape index (κ1) is 29.4. The molecule has 0 saturated heterocycles. The Morgan fingerprint density at radius 3 is 2.38 bits per heavy atom. The van der Waals surface area contributed by atoms with E-state index in [4.69, 9.17) is 14.2 Å². The summed E-state index contributed by atoms with van der Waals surface area (Å²) in [5.41, 5.74) is 3.53. The highest BCUT2D eigenvalue weighted by Crippen LogP contribution is 2.30. The lowest BCUT2D eigenvalue weighted by atomic mass is 9.90. The minimum Gasteiger partial charge on any atom is -0.485 e. The molecule has 3 rings (SSSR count). The number of ketones is 1. The Morgan fingerprint density at radius 2 is 1.72 bits per heavy atom. The zero-order chi connectivity index (χ0) is 28.6. The standard InChI is InChI=1S/C30H37N3O6/c1-20-28(38-19-22-11-8-7-9-12-22)21(2)33(32-20)25-14-10-13-23(15-25)24(17-27(35)37-6)16-26(34)18-31-29(36)39-30(3,4)5/h7-15,24H,16-19H2,1-6H3,(H,31,36)/t24-/m0/s1. The van der Waals surface area contributed by atoms with E-state index in [1.165, 1.54) is 7.11 Å². The Labute approximate surface area is 229 Å². The van der Waals surface area contributed by atoms with Crippen LogP contribution < -0.4 is 10.1 Å². The van der Waals surface area contributed by atoms with E-state index >= 15 is 0 Å². The van der Waals surface area contributed by atoms with Gasteiger partial charge in [-0.25, -0.2) is 9.48 Å². The summed E-state index contributed by atoms with van der Waals surface area (Å²) in [6.07, 6.45) is -0.616. The molecule has 1 N–H and O–H groups in total. The third-order valence-corrected chi connectivity index (χ3v) is 5.98. The topological polar surface area (TPSA) is 109 Å². The van der Waals surface area contributed by atoms with Gasteiger partial charge >= 0.3 is 12.1 Å². The van der Waals surface area contributed by atoms with E-state index < -0.39 is 23.6 Å². The number of hydrogen-bond acceptors (Lipinski definition) is 7. The van der Waals surface area contributed by atoms with Crippen LogP contribution in [0, 0.1) is 13.8 Å². The van der Waals surface area contributed by atoms with E-state index in [0.717, 1.165) is 28.2 Å². The van der Waals surface area contributed by atoms with Gasteiger partial charge in [-0.15, -0.1) is 0 Å². The van der Waals surface area contributed by atoms with E-state index in [0.29, 0.717) is 12.4 Å². The van der Waals surface area contributed by atoms with Gasteiger partial charge in [0.05, 0.1) is 31.5 Å². The fourth-order valence-corrected chi connectivity index (χ4v) is 4.15. The van der Waals surface area contributed by atoms with Crippen LogP contribution in [0.15, 0.2) is 54.6 Å². The lowest BCUT2D eigenvalue weighted by Crippen LogP contribution is -2.35. The number of hydrogen-bond donors (Lipinski definition) is 1. The number of carbonyl (C=O) groups excluding carboxylic acids is 3. The normalized spacial score (nSPS) is 11.9. The van der Waals surface area contributed by atoms with E-state index in [1.807, 2.05) is 68.4 Å². The Bertz CT molecular complexity index is 1290. The highest BCUT2D eigenvalue weighted by Gasteiger charge is 2.23. The number of methoxy groups -OCH3 is 1. The van der Waals surface area contributed by atoms with Gasteiger partial charge < -0.3 is 19.5 Å². The highest BCUT2D eigenvalue weighted by atomic mass is 16.6. The van der Waals surface area contributed by atoms with Crippen molar-refractivity contribution in [2.45, 2.75) is 65.6 Å². The average molecular weight is 536 g/mol. The molecule has 0 radical (unpaired) electrons. The number of amides is 1. The number of Topliss-reactive ketones (excluding diaryl/α,β-unsaturated/α-hetero) is 1. The Hall–Kier alpha value is -4.14. The van der Waals surface area contributed by atoms with Gasteiger partial charge in [0.1, 0.15) is 17.9 Å². The van der Waals surface area contributed by atoms with Gasteiger partial charge in [-0.05, 0) is 57.9 Å². The maximum atomic E-state index is 12.8. The molecule has 0 aliphatic carbocycles. The van der Waals surface area contributed by atoms with Crippen LogP contribution in [0.3, 0.4) is 0 Å². The minimum absolute atomic E-state index is 0.0146. The van der Waals surface area contributed by atoms with Crippen LogP contribution in [-0.4, -0.2) is 46.9 Å². The van der Waals surface area contributed by atoms with Crippen molar-refractivity contribution in [2.24, 2.45) is 0 Å². The highest BCUT2D eigenvalue weighted by molar-refractivity contribution is 5.85. The molecule has 1 amide bonds. The molecule has 0 fully saturated rings. The van der Waals surface area contributed by atoms with Crippen molar-refractivity contribution in [2.75, 3.05) is 13.7 Å². The Kier molecular flexibility index (Phi) is 9.87. The quantitative estimate of drug-likeness (QED) is 0.336. The number of nitrogens with one attached hydrogen (secondary N) is 1. The molecule has 1 aromatic heterocycles. The predicted octanol–water partition coefficient (Wildman–Crippen LogP) is 5.20. The van der Waals surface area contributed by atoms with Gasteiger partial charge in [0.25, 0.3) is 0 Å². The van der Waals surface area contributed by atoms with Gasteiger partial charge in [-0.1, -0.05) is 42.5 Å². The van der Waals surface area contributed by atoms with Crippen molar-refractivity contribution in [1.29, 1.82) is 0 Å². The van der Waals surface area contributed by atoms with Crippen molar-refractivity contribution in [3.05, 3.63) is 77.1 Å². The third-order valence-electron chi connectivity index (χ3n) is 5.98. The molecule has 3 aromatic rings. The van der Waals surface area contributed by atoms with Crippen LogP contribution in [-0.2, 0) is 25.7 Å². The fourth-order valence-electron chi connectivity index (χ4n) is 4.15. The molecule has 1 heterocycles. The van der Waals surface area contributed by atoms with Crippen molar-refractivity contribution in [3.8, 4) is 11.4 Å². The number of alkyl carbamates (subject to hydrolysis) is 1. The molecule has 39 heavy (non-hydrogen) atoms. The lowest BCUT2D eigenvalue weighted by Gasteiger charge is -2.20.